The van der Waals surface area contributed by atoms with Gasteiger partial charge in [0.1, 0.15) is 23.9 Å². The van der Waals surface area contributed by atoms with Gasteiger partial charge in [0.2, 0.25) is 0 Å². The van der Waals surface area contributed by atoms with E-state index in [1.165, 1.54) is 30.5 Å². The summed E-state index contributed by atoms with van der Waals surface area (Å²) in [7, 11) is 0. The van der Waals surface area contributed by atoms with Crippen LogP contribution in [0.1, 0.15) is 61.4 Å². The molecule has 0 aromatic heterocycles. The Labute approximate surface area is 242 Å². The van der Waals surface area contributed by atoms with Crippen LogP contribution in [0, 0.1) is 11.3 Å². The van der Waals surface area contributed by atoms with Gasteiger partial charge in [-0.2, -0.15) is 0 Å². The summed E-state index contributed by atoms with van der Waals surface area (Å²) >= 11 is 6.28. The molecule has 7 heteroatoms. The first-order chi connectivity index (χ1) is 19.3. The van der Waals surface area contributed by atoms with Gasteiger partial charge in [-0.1, -0.05) is 55.8 Å². The summed E-state index contributed by atoms with van der Waals surface area (Å²) in [5.41, 5.74) is 2.21. The molecule has 1 N–H and O–H groups in total. The molecule has 2 saturated heterocycles. The second kappa shape index (κ2) is 12.8. The van der Waals surface area contributed by atoms with E-state index in [2.05, 4.69) is 55.2 Å². The number of aromatic hydroxyl groups is 1. The molecular weight excluding hydrogens is 526 g/mol. The Morgan fingerprint density at radius 2 is 2.08 bits per heavy atom. The molecule has 0 spiro atoms. The molecule has 2 fully saturated rings. The number of fused-ring (bicyclic) bond motifs is 1. The van der Waals surface area contributed by atoms with E-state index in [-0.39, 0.29) is 22.6 Å². The monoisotopic (exact) mass is 565 g/mol. The number of likely N-dealkylation sites (tertiary alicyclic amines) is 1. The average Bonchev–Trinajstić information content (AvgIpc) is 2.96. The Kier molecular flexibility index (Phi) is 9.19. The summed E-state index contributed by atoms with van der Waals surface area (Å²) in [6.07, 6.45) is 12.1. The van der Waals surface area contributed by atoms with E-state index < -0.39 is 0 Å². The number of hydrogen-bond acceptors (Lipinski definition) is 6. The third kappa shape index (κ3) is 6.56. The fourth-order valence-electron chi connectivity index (χ4n) is 6.26. The van der Waals surface area contributed by atoms with Gasteiger partial charge in [0.15, 0.2) is 6.29 Å². The van der Waals surface area contributed by atoms with Gasteiger partial charge in [0, 0.05) is 38.2 Å². The highest BCUT2D eigenvalue weighted by molar-refractivity contribution is 6.32. The van der Waals surface area contributed by atoms with Crippen LogP contribution in [0.2, 0.25) is 5.02 Å². The average molecular weight is 566 g/mol. The van der Waals surface area contributed by atoms with E-state index in [0.717, 1.165) is 50.4 Å². The Hall–Kier alpha value is -2.80. The van der Waals surface area contributed by atoms with Crippen molar-refractivity contribution in [1.82, 2.24) is 4.90 Å². The number of phenolic OH excluding ortho intramolecular Hbond substituents is 1. The molecule has 214 valence electrons. The number of allylic oxidation sites excluding steroid dienone is 3. The van der Waals surface area contributed by atoms with Crippen molar-refractivity contribution in [1.29, 1.82) is 0 Å². The van der Waals surface area contributed by atoms with Gasteiger partial charge >= 0.3 is 0 Å². The van der Waals surface area contributed by atoms with Crippen molar-refractivity contribution in [3.05, 3.63) is 76.3 Å². The number of halogens is 1. The van der Waals surface area contributed by atoms with Crippen molar-refractivity contribution < 1.29 is 24.1 Å². The molecule has 5 rings (SSSR count). The third-order valence-electron chi connectivity index (χ3n) is 8.70. The van der Waals surface area contributed by atoms with Gasteiger partial charge in [0.25, 0.3) is 0 Å². The molecule has 0 bridgehead atoms. The Morgan fingerprint density at radius 1 is 1.20 bits per heavy atom. The van der Waals surface area contributed by atoms with Gasteiger partial charge in [-0.05, 0) is 66.4 Å². The molecule has 0 amide bonds. The van der Waals surface area contributed by atoms with E-state index in [0.29, 0.717) is 42.3 Å². The Bertz CT molecular complexity index is 1260. The lowest BCUT2D eigenvalue weighted by molar-refractivity contribution is -0.0665. The number of aldehydes is 1. The van der Waals surface area contributed by atoms with Crippen molar-refractivity contribution >= 4 is 17.9 Å². The van der Waals surface area contributed by atoms with Crippen LogP contribution >= 0.6 is 11.6 Å². The number of phenols is 1. The van der Waals surface area contributed by atoms with Crippen LogP contribution in [0.25, 0.3) is 0 Å². The number of rotatable bonds is 10. The van der Waals surface area contributed by atoms with Crippen LogP contribution in [-0.2, 0) is 4.74 Å². The number of benzene rings is 2. The molecule has 0 radical (unpaired) electrons. The molecule has 1 aliphatic carbocycles. The summed E-state index contributed by atoms with van der Waals surface area (Å²) in [5, 5.41) is 10.3. The first-order valence-corrected chi connectivity index (χ1v) is 14.8. The standard InChI is InChI=1S/C33H40ClNO5/c1-33(2)26(22-40-32-19-30(37)25(21-36)18-29(32)34)9-4-11-28(33)23-7-3-10-27(17-23)38-16-6-13-35-14-12-31-24(20-35)8-5-15-39-31/h3-4,7,9-11,17-19,21,24,28,31,37H,5-6,8,12-16,20,22H2,1-2H3. The highest BCUT2D eigenvalue weighted by Gasteiger charge is 2.35. The number of piperidine rings is 1. The molecule has 2 heterocycles. The maximum Gasteiger partial charge on any atom is 0.153 e. The van der Waals surface area contributed by atoms with Crippen molar-refractivity contribution in [3.8, 4) is 17.2 Å². The van der Waals surface area contributed by atoms with Gasteiger partial charge in [-0.25, -0.2) is 0 Å². The summed E-state index contributed by atoms with van der Waals surface area (Å²) < 4.78 is 18.2. The smallest absolute Gasteiger partial charge is 0.153 e. The number of nitrogens with zero attached hydrogens (tertiary/aromatic N) is 1. The van der Waals surface area contributed by atoms with Gasteiger partial charge < -0.3 is 24.2 Å². The highest BCUT2D eigenvalue weighted by Crippen LogP contribution is 2.46. The zero-order valence-corrected chi connectivity index (χ0v) is 24.2. The topological polar surface area (TPSA) is 68.2 Å². The number of hydrogen-bond donors (Lipinski definition) is 1. The van der Waals surface area contributed by atoms with Crippen LogP contribution < -0.4 is 9.47 Å². The van der Waals surface area contributed by atoms with Crippen molar-refractivity contribution in [3.63, 3.8) is 0 Å². The maximum atomic E-state index is 11.1. The number of ether oxygens (including phenoxy) is 3. The van der Waals surface area contributed by atoms with E-state index in [4.69, 9.17) is 25.8 Å². The first kappa shape index (κ1) is 28.7. The lowest BCUT2D eigenvalue weighted by Crippen LogP contribution is -2.46. The zero-order valence-electron chi connectivity index (χ0n) is 23.5. The van der Waals surface area contributed by atoms with Crippen molar-refractivity contribution in [2.24, 2.45) is 11.3 Å². The predicted octanol–water partition coefficient (Wildman–Crippen LogP) is 6.81. The van der Waals surface area contributed by atoms with Crippen LogP contribution in [0.3, 0.4) is 0 Å². The van der Waals surface area contributed by atoms with Crippen LogP contribution in [0.5, 0.6) is 17.2 Å². The van der Waals surface area contributed by atoms with E-state index in [1.54, 1.807) is 0 Å². The quantitative estimate of drug-likeness (QED) is 0.252. The van der Waals surface area contributed by atoms with Crippen molar-refractivity contribution in [2.75, 3.05) is 39.5 Å². The summed E-state index contributed by atoms with van der Waals surface area (Å²) in [5.74, 6) is 1.93. The minimum absolute atomic E-state index is 0.138. The van der Waals surface area contributed by atoms with Crippen LogP contribution in [0.15, 0.2) is 60.2 Å². The molecule has 3 unspecified atom stereocenters. The largest absolute Gasteiger partial charge is 0.507 e. The molecule has 2 aromatic carbocycles. The van der Waals surface area contributed by atoms with Crippen LogP contribution in [0.4, 0.5) is 0 Å². The minimum atomic E-state index is -0.223. The van der Waals surface area contributed by atoms with Gasteiger partial charge in [-0.15, -0.1) is 0 Å². The fourth-order valence-corrected chi connectivity index (χ4v) is 6.49. The second-order valence-electron chi connectivity index (χ2n) is 11.7. The zero-order chi connectivity index (χ0) is 28.1. The summed E-state index contributed by atoms with van der Waals surface area (Å²) in [6.45, 7) is 9.70. The predicted molar refractivity (Wildman–Crippen MR) is 158 cm³/mol. The lowest BCUT2D eigenvalue weighted by Gasteiger charge is -2.41. The van der Waals surface area contributed by atoms with Gasteiger partial charge in [0.05, 0.1) is 23.3 Å². The highest BCUT2D eigenvalue weighted by atomic mass is 35.5. The molecule has 40 heavy (non-hydrogen) atoms. The number of carbonyl (C=O) groups excluding carboxylic acids is 1. The third-order valence-corrected chi connectivity index (χ3v) is 9.00. The molecule has 0 saturated carbocycles. The Balaban J connectivity index is 1.15. The van der Waals surface area contributed by atoms with Gasteiger partial charge in [-0.3, -0.25) is 4.79 Å². The van der Waals surface area contributed by atoms with E-state index >= 15 is 0 Å². The first-order valence-electron chi connectivity index (χ1n) is 14.4. The van der Waals surface area contributed by atoms with E-state index in [9.17, 15) is 9.90 Å². The fraction of sp³-hybridized carbons (Fsp3) is 0.485. The van der Waals surface area contributed by atoms with E-state index in [1.807, 2.05) is 6.07 Å². The lowest BCUT2D eigenvalue weighted by atomic mass is 9.68. The van der Waals surface area contributed by atoms with Crippen LogP contribution in [-0.4, -0.2) is 61.9 Å². The molecule has 3 atom stereocenters. The molecular formula is C33H40ClNO5. The molecule has 3 aliphatic rings. The maximum absolute atomic E-state index is 11.1. The summed E-state index contributed by atoms with van der Waals surface area (Å²) in [4.78, 5) is 13.6. The second-order valence-corrected chi connectivity index (χ2v) is 12.1. The molecule has 2 aliphatic heterocycles. The summed E-state index contributed by atoms with van der Waals surface area (Å²) in [6, 6.07) is 11.2. The SMILES string of the molecule is CC1(C)C(COc2cc(O)c(C=O)cc2Cl)=CC=CC1c1cccc(OCCCN2CCC3OCCCC3C2)c1. The normalized spacial score (nSPS) is 24.2. The molecule has 6 nitrogen and oxygen atoms in total. The van der Waals surface area contributed by atoms with Crippen molar-refractivity contribution in [2.45, 2.75) is 51.6 Å². The molecule has 2 aromatic rings. The minimum Gasteiger partial charge on any atom is -0.507 e. The Morgan fingerprint density at radius 3 is 2.92 bits per heavy atom. The number of carbonyl (C=O) groups is 1.